The lowest BCUT2D eigenvalue weighted by Gasteiger charge is -2.21. The fourth-order valence-electron chi connectivity index (χ4n) is 2.71. The van der Waals surface area contributed by atoms with E-state index < -0.39 is 12.1 Å². The number of carbonyl (C=O) groups is 2. The van der Waals surface area contributed by atoms with Crippen LogP contribution in [0.3, 0.4) is 0 Å². The van der Waals surface area contributed by atoms with Crippen LogP contribution in [0.2, 0.25) is 5.02 Å². The third kappa shape index (κ3) is 2.76. The molecule has 0 bridgehead atoms. The number of aromatic nitrogens is 2. The second-order valence-electron chi connectivity index (χ2n) is 5.35. The number of hydrogen-bond donors (Lipinski definition) is 2. The zero-order chi connectivity index (χ0) is 17.3. The Bertz CT molecular complexity index is 803. The van der Waals surface area contributed by atoms with Crippen molar-refractivity contribution < 1.29 is 19.1 Å². The molecule has 126 valence electrons. The maximum Gasteiger partial charge on any atom is 0.335 e. The summed E-state index contributed by atoms with van der Waals surface area (Å²) in [4.78, 5) is 24.2. The predicted molar refractivity (Wildman–Crippen MR) is 88.1 cm³/mol. The minimum atomic E-state index is -0.963. The van der Waals surface area contributed by atoms with Gasteiger partial charge in [0.2, 0.25) is 0 Å². The van der Waals surface area contributed by atoms with Crippen molar-refractivity contribution in [3.8, 4) is 11.3 Å². The number of benzene rings is 1. The fraction of sp³-hybridized carbons (Fsp3) is 0.312. The van der Waals surface area contributed by atoms with Crippen LogP contribution in [0.1, 0.15) is 22.3 Å². The van der Waals surface area contributed by atoms with Gasteiger partial charge in [-0.1, -0.05) is 11.6 Å². The van der Waals surface area contributed by atoms with Gasteiger partial charge in [0.1, 0.15) is 0 Å². The van der Waals surface area contributed by atoms with Crippen molar-refractivity contribution in [2.45, 2.75) is 19.1 Å². The highest BCUT2D eigenvalue weighted by Gasteiger charge is 2.27. The van der Waals surface area contributed by atoms with Crippen LogP contribution in [-0.2, 0) is 20.8 Å². The van der Waals surface area contributed by atoms with E-state index in [0.29, 0.717) is 22.7 Å². The van der Waals surface area contributed by atoms with Crippen molar-refractivity contribution in [3.05, 3.63) is 34.5 Å². The highest BCUT2D eigenvalue weighted by Crippen LogP contribution is 2.41. The molecule has 0 radical (unpaired) electrons. The van der Waals surface area contributed by atoms with E-state index in [1.165, 1.54) is 14.2 Å². The number of ketones is 1. The standard InChI is InChI=1S/C16H16ClN3O4/c1-23-12(16(22)24-2)5-11(21)9-3-4-10-13(14(9)17)15-8(6-18-10)7-19-20-15/h3-4,7,12,18H,5-6H2,1-2H3,(H,19,20). The number of anilines is 1. The Morgan fingerprint density at radius 2 is 2.17 bits per heavy atom. The van der Waals surface area contributed by atoms with E-state index in [-0.39, 0.29) is 12.2 Å². The van der Waals surface area contributed by atoms with E-state index in [1.807, 2.05) is 0 Å². The van der Waals surface area contributed by atoms with Crippen molar-refractivity contribution in [2.75, 3.05) is 19.5 Å². The number of rotatable bonds is 5. The van der Waals surface area contributed by atoms with Crippen LogP contribution in [0.25, 0.3) is 11.3 Å². The van der Waals surface area contributed by atoms with Gasteiger partial charge in [-0.05, 0) is 12.1 Å². The van der Waals surface area contributed by atoms with Crippen LogP contribution in [0.5, 0.6) is 0 Å². The quantitative estimate of drug-likeness (QED) is 0.636. The van der Waals surface area contributed by atoms with Gasteiger partial charge < -0.3 is 14.8 Å². The second-order valence-corrected chi connectivity index (χ2v) is 5.73. The summed E-state index contributed by atoms with van der Waals surface area (Å²) in [7, 11) is 2.60. The molecular weight excluding hydrogens is 334 g/mol. The van der Waals surface area contributed by atoms with E-state index in [4.69, 9.17) is 16.3 Å². The Hall–Kier alpha value is -2.38. The molecule has 0 fully saturated rings. The molecule has 0 spiro atoms. The van der Waals surface area contributed by atoms with Gasteiger partial charge in [-0.25, -0.2) is 4.79 Å². The van der Waals surface area contributed by atoms with Gasteiger partial charge in [0, 0.05) is 42.5 Å². The maximum absolute atomic E-state index is 12.6. The Labute approximate surface area is 143 Å². The number of Topliss-reactive ketones (excluding diaryl/α,β-unsaturated/α-hetero) is 1. The first-order valence-electron chi connectivity index (χ1n) is 7.29. The number of methoxy groups -OCH3 is 2. The van der Waals surface area contributed by atoms with Crippen molar-refractivity contribution in [1.29, 1.82) is 0 Å². The van der Waals surface area contributed by atoms with Crippen LogP contribution in [0.15, 0.2) is 18.3 Å². The third-order valence-corrected chi connectivity index (χ3v) is 4.39. The minimum Gasteiger partial charge on any atom is -0.467 e. The van der Waals surface area contributed by atoms with Gasteiger partial charge in [-0.3, -0.25) is 9.89 Å². The van der Waals surface area contributed by atoms with Gasteiger partial charge in [0.05, 0.1) is 24.0 Å². The number of H-pyrrole nitrogens is 1. The first kappa shape index (κ1) is 16.5. The molecule has 2 heterocycles. The number of carbonyl (C=O) groups excluding carboxylic acids is 2. The number of nitrogens with zero attached hydrogens (tertiary/aromatic N) is 1. The predicted octanol–water partition coefficient (Wildman–Crippen LogP) is 2.42. The number of fused-ring (bicyclic) bond motifs is 3. The fourth-order valence-corrected chi connectivity index (χ4v) is 3.07. The van der Waals surface area contributed by atoms with Crippen LogP contribution >= 0.6 is 11.6 Å². The van der Waals surface area contributed by atoms with Crippen LogP contribution in [-0.4, -0.2) is 42.3 Å². The first-order valence-corrected chi connectivity index (χ1v) is 7.67. The molecule has 0 saturated heterocycles. The summed E-state index contributed by atoms with van der Waals surface area (Å²) in [5.41, 5.74) is 3.61. The first-order chi connectivity index (χ1) is 11.6. The largest absolute Gasteiger partial charge is 0.467 e. The van der Waals surface area contributed by atoms with Crippen molar-refractivity contribution >= 4 is 29.0 Å². The van der Waals surface area contributed by atoms with E-state index in [1.54, 1.807) is 18.3 Å². The molecule has 0 saturated carbocycles. The smallest absolute Gasteiger partial charge is 0.335 e. The molecule has 1 aromatic carbocycles. The zero-order valence-corrected chi connectivity index (χ0v) is 13.9. The number of esters is 1. The Balaban J connectivity index is 1.95. The van der Waals surface area contributed by atoms with Crippen LogP contribution in [0.4, 0.5) is 5.69 Å². The van der Waals surface area contributed by atoms with Gasteiger partial charge in [-0.2, -0.15) is 5.10 Å². The highest BCUT2D eigenvalue weighted by atomic mass is 35.5. The van der Waals surface area contributed by atoms with Gasteiger partial charge in [0.25, 0.3) is 0 Å². The Kier molecular flexibility index (Phi) is 4.55. The van der Waals surface area contributed by atoms with E-state index >= 15 is 0 Å². The molecular formula is C16H16ClN3O4. The monoisotopic (exact) mass is 349 g/mol. The lowest BCUT2D eigenvalue weighted by molar-refractivity contribution is -0.152. The minimum absolute atomic E-state index is 0.148. The topological polar surface area (TPSA) is 93.3 Å². The molecule has 1 unspecified atom stereocenters. The maximum atomic E-state index is 12.6. The molecule has 7 nitrogen and oxygen atoms in total. The number of halogens is 1. The molecule has 1 aliphatic heterocycles. The average molecular weight is 350 g/mol. The highest BCUT2D eigenvalue weighted by molar-refractivity contribution is 6.37. The molecule has 1 aliphatic rings. The summed E-state index contributed by atoms with van der Waals surface area (Å²) >= 11 is 6.48. The lowest BCUT2D eigenvalue weighted by Crippen LogP contribution is -2.27. The van der Waals surface area contributed by atoms with Crippen molar-refractivity contribution in [3.63, 3.8) is 0 Å². The Morgan fingerprint density at radius 1 is 1.38 bits per heavy atom. The normalized spacial score (nSPS) is 13.5. The number of nitrogens with one attached hydrogen (secondary N) is 2. The summed E-state index contributed by atoms with van der Waals surface area (Å²) in [5.74, 6) is -0.899. The van der Waals surface area contributed by atoms with E-state index in [0.717, 1.165) is 16.9 Å². The molecule has 0 aliphatic carbocycles. The van der Waals surface area contributed by atoms with Crippen LogP contribution in [0, 0.1) is 0 Å². The number of hydrogen-bond acceptors (Lipinski definition) is 6. The third-order valence-electron chi connectivity index (χ3n) is 4.00. The van der Waals surface area contributed by atoms with Crippen LogP contribution < -0.4 is 5.32 Å². The summed E-state index contributed by atoms with van der Waals surface area (Å²) in [5, 5.41) is 10.5. The molecule has 8 heteroatoms. The number of aromatic amines is 1. The average Bonchev–Trinajstić information content (AvgIpc) is 3.07. The lowest BCUT2D eigenvalue weighted by atomic mass is 9.96. The molecule has 0 amide bonds. The second kappa shape index (κ2) is 6.62. The molecule has 3 rings (SSSR count). The van der Waals surface area contributed by atoms with E-state index in [2.05, 4.69) is 20.3 Å². The summed E-state index contributed by atoms with van der Waals surface area (Å²) in [6.45, 7) is 0.635. The summed E-state index contributed by atoms with van der Waals surface area (Å²) in [6.07, 6.45) is 0.606. The molecule has 24 heavy (non-hydrogen) atoms. The van der Waals surface area contributed by atoms with Crippen molar-refractivity contribution in [1.82, 2.24) is 10.2 Å². The molecule has 1 aromatic heterocycles. The van der Waals surface area contributed by atoms with Gasteiger partial charge in [0.15, 0.2) is 11.9 Å². The van der Waals surface area contributed by atoms with Gasteiger partial charge in [-0.15, -0.1) is 0 Å². The van der Waals surface area contributed by atoms with Crippen molar-refractivity contribution in [2.24, 2.45) is 0 Å². The number of ether oxygens (including phenoxy) is 2. The SMILES string of the molecule is COC(=O)C(CC(=O)c1ccc2c(c1Cl)-c1[nH]ncc1CN2)OC. The molecule has 2 aromatic rings. The summed E-state index contributed by atoms with van der Waals surface area (Å²) in [6, 6.07) is 3.43. The Morgan fingerprint density at radius 3 is 2.88 bits per heavy atom. The van der Waals surface area contributed by atoms with Gasteiger partial charge >= 0.3 is 5.97 Å². The summed E-state index contributed by atoms with van der Waals surface area (Å²) < 4.78 is 9.65. The molecule has 2 N–H and O–H groups in total. The zero-order valence-electron chi connectivity index (χ0n) is 13.2. The molecule has 1 atom stereocenters. The van der Waals surface area contributed by atoms with E-state index in [9.17, 15) is 9.59 Å².